The minimum atomic E-state index is -0.197. The van der Waals surface area contributed by atoms with E-state index in [4.69, 9.17) is 0 Å². The molecule has 0 bridgehead atoms. The van der Waals surface area contributed by atoms with E-state index >= 15 is 0 Å². The summed E-state index contributed by atoms with van der Waals surface area (Å²) in [6, 6.07) is 14.9. The summed E-state index contributed by atoms with van der Waals surface area (Å²) in [5.74, 6) is 0.654. The Labute approximate surface area is 150 Å². The van der Waals surface area contributed by atoms with Crippen LogP contribution in [0.25, 0.3) is 10.9 Å². The van der Waals surface area contributed by atoms with Gasteiger partial charge in [-0.1, -0.05) is 30.3 Å². The lowest BCUT2D eigenvalue weighted by Crippen LogP contribution is -2.27. The number of hydrogen-bond acceptors (Lipinski definition) is 4. The van der Waals surface area contributed by atoms with Crippen molar-refractivity contribution in [2.24, 2.45) is 0 Å². The Balaban J connectivity index is 1.54. The van der Waals surface area contributed by atoms with Gasteiger partial charge >= 0.3 is 0 Å². The van der Waals surface area contributed by atoms with Crippen molar-refractivity contribution in [2.45, 2.75) is 18.9 Å². The largest absolute Gasteiger partial charge is 0.345 e. The van der Waals surface area contributed by atoms with Gasteiger partial charge < -0.3 is 15.6 Å². The molecule has 3 N–H and O–H groups in total. The van der Waals surface area contributed by atoms with Crippen LogP contribution in [0.5, 0.6) is 0 Å². The van der Waals surface area contributed by atoms with E-state index in [-0.39, 0.29) is 18.0 Å². The molecule has 2 aromatic carbocycles. The van der Waals surface area contributed by atoms with Gasteiger partial charge in [-0.3, -0.25) is 9.59 Å². The molecule has 0 radical (unpaired) electrons. The lowest BCUT2D eigenvalue weighted by Gasteiger charge is -2.14. The van der Waals surface area contributed by atoms with Gasteiger partial charge in [-0.2, -0.15) is 0 Å². The highest BCUT2D eigenvalue weighted by Crippen LogP contribution is 2.25. The molecule has 132 valence electrons. The van der Waals surface area contributed by atoms with Gasteiger partial charge in [-0.25, -0.2) is 4.98 Å². The number of nitrogens with one attached hydrogen (secondary N) is 3. The van der Waals surface area contributed by atoms with Crippen molar-refractivity contribution in [3.8, 4) is 0 Å². The van der Waals surface area contributed by atoms with Crippen LogP contribution in [-0.4, -0.2) is 29.0 Å². The zero-order valence-corrected chi connectivity index (χ0v) is 14.3. The van der Waals surface area contributed by atoms with Crippen LogP contribution in [0.3, 0.4) is 0 Å². The lowest BCUT2D eigenvalue weighted by molar-refractivity contribution is 0.0948. The molecule has 1 fully saturated rings. The summed E-state index contributed by atoms with van der Waals surface area (Å²) in [7, 11) is 0. The first kappa shape index (κ1) is 16.5. The fraction of sp³-hybridized carbons (Fsp3) is 0.250. The van der Waals surface area contributed by atoms with Gasteiger partial charge in [0.15, 0.2) is 0 Å². The van der Waals surface area contributed by atoms with Gasteiger partial charge in [0.05, 0.1) is 17.4 Å². The Morgan fingerprint density at radius 2 is 1.96 bits per heavy atom. The van der Waals surface area contributed by atoms with Crippen LogP contribution in [0, 0.1) is 0 Å². The summed E-state index contributed by atoms with van der Waals surface area (Å²) < 4.78 is 0. The Morgan fingerprint density at radius 3 is 2.81 bits per heavy atom. The highest BCUT2D eigenvalue weighted by atomic mass is 16.1. The van der Waals surface area contributed by atoms with Crippen LogP contribution < -0.4 is 16.2 Å². The second-order valence-electron chi connectivity index (χ2n) is 6.49. The molecular weight excluding hydrogens is 328 g/mol. The fourth-order valence-corrected chi connectivity index (χ4v) is 3.46. The molecule has 1 atom stereocenters. The highest BCUT2D eigenvalue weighted by molar-refractivity contribution is 5.95. The van der Waals surface area contributed by atoms with Gasteiger partial charge in [0.1, 0.15) is 5.82 Å². The topological polar surface area (TPSA) is 86.9 Å². The third-order valence-corrected chi connectivity index (χ3v) is 4.78. The number of amides is 1. The van der Waals surface area contributed by atoms with Gasteiger partial charge in [-0.05, 0) is 42.6 Å². The zero-order valence-electron chi connectivity index (χ0n) is 14.3. The van der Waals surface area contributed by atoms with E-state index in [1.54, 1.807) is 18.2 Å². The molecule has 2 heterocycles. The van der Waals surface area contributed by atoms with E-state index in [2.05, 4.69) is 20.6 Å². The molecule has 0 saturated carbocycles. The molecule has 6 nitrogen and oxygen atoms in total. The normalized spacial score (nSPS) is 16.7. The Kier molecular flexibility index (Phi) is 4.50. The summed E-state index contributed by atoms with van der Waals surface area (Å²) in [6.45, 7) is 2.04. The highest BCUT2D eigenvalue weighted by Gasteiger charge is 2.22. The first-order valence-corrected chi connectivity index (χ1v) is 8.78. The number of aromatic nitrogens is 2. The van der Waals surface area contributed by atoms with Crippen molar-refractivity contribution in [1.82, 2.24) is 20.6 Å². The van der Waals surface area contributed by atoms with Crippen LogP contribution in [0.2, 0.25) is 0 Å². The van der Waals surface area contributed by atoms with Gasteiger partial charge in [0, 0.05) is 12.1 Å². The summed E-state index contributed by atoms with van der Waals surface area (Å²) in [4.78, 5) is 32.0. The van der Waals surface area contributed by atoms with Crippen LogP contribution in [0.15, 0.2) is 53.3 Å². The van der Waals surface area contributed by atoms with Crippen molar-refractivity contribution >= 4 is 16.8 Å². The number of fused-ring (bicyclic) bond motifs is 1. The van der Waals surface area contributed by atoms with E-state index in [1.165, 1.54) is 0 Å². The number of H-pyrrole nitrogens is 1. The Hall–Kier alpha value is -2.99. The maximum absolute atomic E-state index is 12.7. The number of para-hydroxylation sites is 1. The van der Waals surface area contributed by atoms with E-state index in [0.717, 1.165) is 25.1 Å². The first-order chi connectivity index (χ1) is 12.7. The smallest absolute Gasteiger partial charge is 0.258 e. The monoisotopic (exact) mass is 348 g/mol. The summed E-state index contributed by atoms with van der Waals surface area (Å²) in [5, 5.41) is 6.76. The number of rotatable bonds is 4. The standard InChI is InChI=1S/C20H20N4O2/c25-19(15-6-2-1-5-14(15)13-9-10-21-11-13)22-12-18-23-17-8-4-3-7-16(17)20(26)24-18/h1-8,13,21H,9-12H2,(H,22,25)(H,23,24,26). The molecule has 1 aliphatic rings. The number of carbonyl (C=O) groups excluding carboxylic acids is 1. The van der Waals surface area contributed by atoms with Crippen molar-refractivity contribution in [2.75, 3.05) is 13.1 Å². The predicted molar refractivity (Wildman–Crippen MR) is 100 cm³/mol. The molecule has 1 saturated heterocycles. The fourth-order valence-electron chi connectivity index (χ4n) is 3.46. The second kappa shape index (κ2) is 7.09. The van der Waals surface area contributed by atoms with Crippen molar-refractivity contribution in [3.63, 3.8) is 0 Å². The molecule has 1 amide bonds. The van der Waals surface area contributed by atoms with Crippen LogP contribution in [0.4, 0.5) is 0 Å². The zero-order chi connectivity index (χ0) is 17.9. The molecule has 0 aliphatic carbocycles. The third-order valence-electron chi connectivity index (χ3n) is 4.78. The molecule has 1 aliphatic heterocycles. The summed E-state index contributed by atoms with van der Waals surface area (Å²) in [6.07, 6.45) is 1.03. The van der Waals surface area contributed by atoms with Gasteiger partial charge in [-0.15, -0.1) is 0 Å². The molecular formula is C20H20N4O2. The third kappa shape index (κ3) is 3.23. The second-order valence-corrected chi connectivity index (χ2v) is 6.49. The summed E-state index contributed by atoms with van der Waals surface area (Å²) >= 11 is 0. The average Bonchev–Trinajstić information content (AvgIpc) is 3.21. The van der Waals surface area contributed by atoms with Gasteiger partial charge in [0.25, 0.3) is 11.5 Å². The number of carbonyl (C=O) groups is 1. The molecule has 3 aromatic rings. The van der Waals surface area contributed by atoms with E-state index in [1.807, 2.05) is 30.3 Å². The number of benzene rings is 2. The molecule has 4 rings (SSSR count). The minimum Gasteiger partial charge on any atom is -0.345 e. The number of nitrogens with zero attached hydrogens (tertiary/aromatic N) is 1. The predicted octanol–water partition coefficient (Wildman–Crippen LogP) is 1.93. The number of hydrogen-bond donors (Lipinski definition) is 3. The maximum atomic E-state index is 12.7. The molecule has 6 heteroatoms. The van der Waals surface area contributed by atoms with E-state index in [0.29, 0.717) is 28.2 Å². The number of aromatic amines is 1. The molecule has 0 spiro atoms. The maximum Gasteiger partial charge on any atom is 0.258 e. The Morgan fingerprint density at radius 1 is 1.15 bits per heavy atom. The average molecular weight is 348 g/mol. The van der Waals surface area contributed by atoms with Crippen molar-refractivity contribution in [3.05, 3.63) is 75.8 Å². The van der Waals surface area contributed by atoms with Crippen LogP contribution >= 0.6 is 0 Å². The Bertz CT molecular complexity index is 1010. The van der Waals surface area contributed by atoms with Crippen LogP contribution in [0.1, 0.15) is 34.1 Å². The van der Waals surface area contributed by atoms with Crippen molar-refractivity contribution in [1.29, 1.82) is 0 Å². The van der Waals surface area contributed by atoms with E-state index < -0.39 is 0 Å². The van der Waals surface area contributed by atoms with E-state index in [9.17, 15) is 9.59 Å². The van der Waals surface area contributed by atoms with Crippen LogP contribution in [-0.2, 0) is 6.54 Å². The molecule has 1 unspecified atom stereocenters. The molecule has 26 heavy (non-hydrogen) atoms. The quantitative estimate of drug-likeness (QED) is 0.672. The lowest BCUT2D eigenvalue weighted by atomic mass is 9.93. The first-order valence-electron chi connectivity index (χ1n) is 8.78. The van der Waals surface area contributed by atoms with Crippen molar-refractivity contribution < 1.29 is 4.79 Å². The summed E-state index contributed by atoms with van der Waals surface area (Å²) in [5.41, 5.74) is 2.18. The molecule has 1 aromatic heterocycles. The SMILES string of the molecule is O=C(NCc1nc2ccccc2c(=O)[nH]1)c1ccccc1C1CCNC1. The minimum absolute atomic E-state index is 0.150. The van der Waals surface area contributed by atoms with Gasteiger partial charge in [0.2, 0.25) is 0 Å².